The molecule has 2 aromatic heterocycles. The van der Waals surface area contributed by atoms with Gasteiger partial charge in [-0.2, -0.15) is 18.3 Å². The number of nitrogens with zero attached hydrogens (tertiary/aromatic N) is 5. The first-order chi connectivity index (χ1) is 23.0. The van der Waals surface area contributed by atoms with Crippen molar-refractivity contribution in [2.75, 3.05) is 19.7 Å². The molecule has 9 nitrogen and oxygen atoms in total. The second kappa shape index (κ2) is 11.7. The summed E-state index contributed by atoms with van der Waals surface area (Å²) < 4.78 is 74.6. The van der Waals surface area contributed by atoms with Crippen LogP contribution in [0.5, 0.6) is 11.5 Å². The molecule has 1 N–H and O–H groups in total. The van der Waals surface area contributed by atoms with E-state index in [1.165, 1.54) is 6.07 Å². The summed E-state index contributed by atoms with van der Waals surface area (Å²) in [6.07, 6.45) is -1.83. The number of imidazole rings is 1. The molecule has 48 heavy (non-hydrogen) atoms. The van der Waals surface area contributed by atoms with Crippen LogP contribution < -0.4 is 9.47 Å². The van der Waals surface area contributed by atoms with Crippen LogP contribution in [-0.4, -0.2) is 55.4 Å². The van der Waals surface area contributed by atoms with Crippen molar-refractivity contribution in [2.45, 2.75) is 63.3 Å². The van der Waals surface area contributed by atoms with E-state index >= 15 is 0 Å². The number of para-hydroxylation sites is 1. The normalized spacial score (nSPS) is 21.6. The second-order valence-corrected chi connectivity index (χ2v) is 13.1. The number of piperidine rings is 1. The summed E-state index contributed by atoms with van der Waals surface area (Å²) in [4.78, 5) is 10.9. The Labute approximate surface area is 277 Å². The molecule has 0 aliphatic carbocycles. The average Bonchev–Trinajstić information content (AvgIpc) is 3.74. The summed E-state index contributed by atoms with van der Waals surface area (Å²) in [6.45, 7) is 5.29. The number of alkyl halides is 3. The Morgan fingerprint density at radius 1 is 1.02 bits per heavy atom. The number of likely N-dealkylation sites (tertiary alicyclic amines) is 1. The van der Waals surface area contributed by atoms with Crippen LogP contribution in [0.15, 0.2) is 54.6 Å². The summed E-state index contributed by atoms with van der Waals surface area (Å²) in [7, 11) is 0. The van der Waals surface area contributed by atoms with E-state index in [0.717, 1.165) is 55.9 Å². The molecule has 0 saturated carbocycles. The van der Waals surface area contributed by atoms with Gasteiger partial charge in [0.25, 0.3) is 5.79 Å². The van der Waals surface area contributed by atoms with Crippen molar-refractivity contribution in [3.8, 4) is 22.9 Å². The molecule has 250 valence electrons. The number of aromatic nitrogens is 5. The topological polar surface area (TPSA) is 90.3 Å². The zero-order valence-electron chi connectivity index (χ0n) is 25.9. The average molecular weight is 683 g/mol. The zero-order valence-corrected chi connectivity index (χ0v) is 26.6. The van der Waals surface area contributed by atoms with E-state index in [9.17, 15) is 17.6 Å². The molecule has 2 saturated heterocycles. The van der Waals surface area contributed by atoms with E-state index in [2.05, 4.69) is 19.5 Å². The third kappa shape index (κ3) is 5.67. The number of nitrogens with one attached hydrogen (secondary N) is 1. The highest BCUT2D eigenvalue weighted by Gasteiger charge is 2.43. The SMILES string of the molecule is CC1(c2ccc(Cl)cc2F)Oc2cccc(C3CCN(Cc4nc5cc(-c6n[nH]c(C(F)(F)F)n6)ccc5n4CC4CCO4)CC3)c2O1. The van der Waals surface area contributed by atoms with Crippen LogP contribution in [-0.2, 0) is 29.8 Å². The summed E-state index contributed by atoms with van der Waals surface area (Å²) in [5, 5.41) is 6.06. The molecule has 3 aliphatic heterocycles. The van der Waals surface area contributed by atoms with E-state index in [4.69, 9.17) is 30.8 Å². The van der Waals surface area contributed by atoms with Gasteiger partial charge in [0.2, 0.25) is 5.82 Å². The van der Waals surface area contributed by atoms with Gasteiger partial charge in [0.15, 0.2) is 17.3 Å². The molecule has 0 radical (unpaired) electrons. The zero-order chi connectivity index (χ0) is 33.2. The Morgan fingerprint density at radius 3 is 2.54 bits per heavy atom. The molecular formula is C34H31ClF4N6O3. The molecule has 8 rings (SSSR count). The Hall–Kier alpha value is -4.20. The summed E-state index contributed by atoms with van der Waals surface area (Å²) >= 11 is 5.98. The smallest absolute Gasteiger partial charge is 0.444 e. The minimum absolute atomic E-state index is 0.0369. The molecule has 3 aliphatic rings. The number of halogens is 5. The lowest BCUT2D eigenvalue weighted by molar-refractivity contribution is -0.144. The number of benzene rings is 3. The highest BCUT2D eigenvalue weighted by molar-refractivity contribution is 6.30. The van der Waals surface area contributed by atoms with Crippen molar-refractivity contribution in [3.63, 3.8) is 0 Å². The van der Waals surface area contributed by atoms with Gasteiger partial charge in [0.1, 0.15) is 11.6 Å². The minimum Gasteiger partial charge on any atom is -0.444 e. The standard InChI is InChI=1S/C34H31ClF4N6O3/c1-33(24-7-6-21(35)16-25(24)36)47-28-4-2-3-23(30(28)48-33)19-9-12-44(13-10-19)18-29-40-26-15-20(31-41-32(43-42-31)34(37,38)39)5-8-27(26)45(29)17-22-11-14-46-22/h2-8,15-16,19,22H,9-14,17-18H2,1H3,(H,41,42,43). The Bertz CT molecular complexity index is 2000. The lowest BCUT2D eigenvalue weighted by Crippen LogP contribution is -2.35. The molecule has 14 heteroatoms. The van der Waals surface area contributed by atoms with E-state index < -0.39 is 23.6 Å². The van der Waals surface area contributed by atoms with Crippen LogP contribution in [0, 0.1) is 5.82 Å². The van der Waals surface area contributed by atoms with E-state index in [-0.39, 0.29) is 23.4 Å². The molecule has 5 aromatic rings. The van der Waals surface area contributed by atoms with Crippen molar-refractivity contribution in [2.24, 2.45) is 0 Å². The number of ether oxygens (including phenoxy) is 3. The maximum atomic E-state index is 14.9. The Kier molecular flexibility index (Phi) is 7.61. The van der Waals surface area contributed by atoms with Crippen LogP contribution in [0.4, 0.5) is 17.6 Å². The summed E-state index contributed by atoms with van der Waals surface area (Å²) in [6, 6.07) is 15.6. The first-order valence-electron chi connectivity index (χ1n) is 15.8. The number of rotatable bonds is 7. The maximum absolute atomic E-state index is 14.9. The number of H-pyrrole nitrogens is 1. The predicted octanol–water partition coefficient (Wildman–Crippen LogP) is 7.45. The molecule has 2 unspecified atom stereocenters. The van der Waals surface area contributed by atoms with Crippen molar-refractivity contribution in [1.29, 1.82) is 0 Å². The van der Waals surface area contributed by atoms with Gasteiger partial charge in [-0.3, -0.25) is 10.00 Å². The van der Waals surface area contributed by atoms with Gasteiger partial charge in [0, 0.05) is 29.7 Å². The quantitative estimate of drug-likeness (QED) is 0.179. The second-order valence-electron chi connectivity index (χ2n) is 12.6. The fraction of sp³-hybridized carbons (Fsp3) is 0.382. The van der Waals surface area contributed by atoms with Gasteiger partial charge in [-0.15, -0.1) is 0 Å². The molecular weight excluding hydrogens is 652 g/mol. The van der Waals surface area contributed by atoms with Crippen LogP contribution in [0.1, 0.15) is 54.9 Å². The van der Waals surface area contributed by atoms with Gasteiger partial charge in [-0.25, -0.2) is 14.4 Å². The maximum Gasteiger partial charge on any atom is 0.451 e. The Morgan fingerprint density at radius 2 is 1.83 bits per heavy atom. The van der Waals surface area contributed by atoms with Crippen LogP contribution >= 0.6 is 11.6 Å². The molecule has 0 amide bonds. The Balaban J connectivity index is 0.998. The van der Waals surface area contributed by atoms with Crippen molar-refractivity contribution in [3.05, 3.63) is 88.2 Å². The molecule has 0 spiro atoms. The fourth-order valence-electron chi connectivity index (χ4n) is 6.83. The number of aromatic amines is 1. The van der Waals surface area contributed by atoms with E-state index in [1.54, 1.807) is 31.2 Å². The molecule has 3 aromatic carbocycles. The number of hydrogen-bond donors (Lipinski definition) is 1. The van der Waals surface area contributed by atoms with Crippen LogP contribution in [0.2, 0.25) is 5.02 Å². The van der Waals surface area contributed by atoms with Gasteiger partial charge in [0.05, 0.1) is 35.8 Å². The van der Waals surface area contributed by atoms with Crippen LogP contribution in [0.25, 0.3) is 22.4 Å². The highest BCUT2D eigenvalue weighted by Crippen LogP contribution is 2.50. The van der Waals surface area contributed by atoms with Gasteiger partial charge < -0.3 is 18.8 Å². The summed E-state index contributed by atoms with van der Waals surface area (Å²) in [5.74, 6) is -0.691. The van der Waals surface area contributed by atoms with Crippen molar-refractivity contribution in [1.82, 2.24) is 29.6 Å². The molecule has 2 fully saturated rings. The van der Waals surface area contributed by atoms with Gasteiger partial charge in [-0.05, 0) is 80.7 Å². The molecule has 2 atom stereocenters. The predicted molar refractivity (Wildman–Crippen MR) is 168 cm³/mol. The third-order valence-corrected chi connectivity index (χ3v) is 9.68. The van der Waals surface area contributed by atoms with Crippen molar-refractivity contribution >= 4 is 22.6 Å². The lowest BCUT2D eigenvalue weighted by atomic mass is 9.88. The number of fused-ring (bicyclic) bond motifs is 2. The lowest BCUT2D eigenvalue weighted by Gasteiger charge is -2.33. The largest absolute Gasteiger partial charge is 0.451 e. The van der Waals surface area contributed by atoms with Crippen molar-refractivity contribution < 1.29 is 31.8 Å². The first kappa shape index (κ1) is 31.1. The fourth-order valence-corrected chi connectivity index (χ4v) is 6.99. The monoisotopic (exact) mass is 682 g/mol. The van der Waals surface area contributed by atoms with Gasteiger partial charge in [-0.1, -0.05) is 23.7 Å². The van der Waals surface area contributed by atoms with Gasteiger partial charge >= 0.3 is 6.18 Å². The third-order valence-electron chi connectivity index (χ3n) is 9.44. The highest BCUT2D eigenvalue weighted by atomic mass is 35.5. The molecule has 5 heterocycles. The minimum atomic E-state index is -4.61. The summed E-state index contributed by atoms with van der Waals surface area (Å²) in [5.41, 5.74) is 3.29. The number of hydrogen-bond acceptors (Lipinski definition) is 7. The van der Waals surface area contributed by atoms with Crippen LogP contribution in [0.3, 0.4) is 0 Å². The van der Waals surface area contributed by atoms with E-state index in [0.29, 0.717) is 40.7 Å². The first-order valence-corrected chi connectivity index (χ1v) is 16.2. The van der Waals surface area contributed by atoms with E-state index in [1.807, 2.05) is 29.4 Å². The molecule has 0 bridgehead atoms.